The Balaban J connectivity index is 1.60. The van der Waals surface area contributed by atoms with Crippen LogP contribution in [0.3, 0.4) is 0 Å². The normalized spacial score (nSPS) is 10.4. The Hall–Kier alpha value is -2.99. The number of aromatic nitrogens is 1. The lowest BCUT2D eigenvalue weighted by Gasteiger charge is -2.05. The molecule has 0 aliphatic rings. The third-order valence-corrected chi connectivity index (χ3v) is 5.11. The second-order valence-corrected chi connectivity index (χ2v) is 7.37. The van der Waals surface area contributed by atoms with E-state index in [0.29, 0.717) is 22.1 Å². The van der Waals surface area contributed by atoms with E-state index in [0.717, 1.165) is 16.8 Å². The number of hydrogen-bond donors (Lipinski definition) is 2. The number of nitrogens with zero attached hydrogens (tertiary/aromatic N) is 1. The number of para-hydroxylation sites is 1. The molecule has 0 radical (unpaired) electrons. The minimum absolute atomic E-state index is 0.144. The van der Waals surface area contributed by atoms with Gasteiger partial charge in [0.1, 0.15) is 9.88 Å². The fourth-order valence-corrected chi connectivity index (χ4v) is 3.67. The van der Waals surface area contributed by atoms with E-state index in [9.17, 15) is 9.59 Å². The molecule has 0 aliphatic heterocycles. The molecule has 1 heterocycles. The van der Waals surface area contributed by atoms with E-state index >= 15 is 0 Å². The predicted molar refractivity (Wildman–Crippen MR) is 108 cm³/mol. The van der Waals surface area contributed by atoms with E-state index in [1.165, 1.54) is 11.3 Å². The van der Waals surface area contributed by atoms with Gasteiger partial charge in [0.25, 0.3) is 5.91 Å². The average Bonchev–Trinajstić information content (AvgIpc) is 3.00. The maximum atomic E-state index is 12.5. The van der Waals surface area contributed by atoms with Crippen LogP contribution in [0.4, 0.5) is 5.69 Å². The number of amides is 2. The van der Waals surface area contributed by atoms with Gasteiger partial charge in [-0.2, -0.15) is 0 Å². The van der Waals surface area contributed by atoms with Crippen LogP contribution in [0.25, 0.3) is 0 Å². The lowest BCUT2D eigenvalue weighted by Crippen LogP contribution is -2.22. The number of hydrogen-bond acceptors (Lipinski definition) is 4. The molecule has 3 aromatic rings. The van der Waals surface area contributed by atoms with Crippen LogP contribution in [0.5, 0.6) is 0 Å². The molecule has 0 saturated heterocycles. The molecule has 0 unspecified atom stereocenters. The molecule has 0 saturated carbocycles. The SMILES string of the molecule is Cc1cccc(CNC(=O)c2sc(CC(=O)Nc3ccccc3)nc2C)c1. The molecule has 138 valence electrons. The highest BCUT2D eigenvalue weighted by Gasteiger charge is 2.17. The summed E-state index contributed by atoms with van der Waals surface area (Å²) < 4.78 is 0. The van der Waals surface area contributed by atoms with E-state index in [1.54, 1.807) is 6.92 Å². The number of thiazole rings is 1. The predicted octanol–water partition coefficient (Wildman–Crippen LogP) is 3.87. The van der Waals surface area contributed by atoms with Crippen molar-refractivity contribution < 1.29 is 9.59 Å². The van der Waals surface area contributed by atoms with Crippen LogP contribution in [0, 0.1) is 13.8 Å². The molecule has 0 aliphatic carbocycles. The van der Waals surface area contributed by atoms with Gasteiger partial charge >= 0.3 is 0 Å². The van der Waals surface area contributed by atoms with Gasteiger partial charge in [0, 0.05) is 12.2 Å². The Kier molecular flexibility index (Phi) is 5.98. The lowest BCUT2D eigenvalue weighted by atomic mass is 10.1. The first-order chi connectivity index (χ1) is 13.0. The van der Waals surface area contributed by atoms with Gasteiger partial charge in [-0.25, -0.2) is 4.98 Å². The molecule has 2 N–H and O–H groups in total. The Morgan fingerprint density at radius 3 is 2.56 bits per heavy atom. The first kappa shape index (κ1) is 18.8. The van der Waals surface area contributed by atoms with E-state index in [1.807, 2.05) is 61.5 Å². The van der Waals surface area contributed by atoms with Crippen molar-refractivity contribution in [1.29, 1.82) is 0 Å². The van der Waals surface area contributed by atoms with Crippen LogP contribution >= 0.6 is 11.3 Å². The van der Waals surface area contributed by atoms with Crippen molar-refractivity contribution >= 4 is 28.8 Å². The standard InChI is InChI=1S/C21H21N3O2S/c1-14-7-6-8-16(11-14)13-22-21(26)20-15(2)23-19(27-20)12-18(25)24-17-9-4-3-5-10-17/h3-11H,12-13H2,1-2H3,(H,22,26)(H,24,25). The van der Waals surface area contributed by atoms with E-state index in [2.05, 4.69) is 15.6 Å². The second kappa shape index (κ2) is 8.60. The second-order valence-electron chi connectivity index (χ2n) is 6.28. The maximum Gasteiger partial charge on any atom is 0.263 e. The van der Waals surface area contributed by atoms with Crippen LogP contribution in [-0.4, -0.2) is 16.8 Å². The number of nitrogens with one attached hydrogen (secondary N) is 2. The average molecular weight is 379 g/mol. The highest BCUT2D eigenvalue weighted by atomic mass is 32.1. The molecule has 3 rings (SSSR count). The molecular weight excluding hydrogens is 358 g/mol. The number of rotatable bonds is 6. The number of aryl methyl sites for hydroxylation is 2. The molecule has 2 amide bonds. The van der Waals surface area contributed by atoms with Crippen molar-refractivity contribution in [3.8, 4) is 0 Å². The molecule has 2 aromatic carbocycles. The number of benzene rings is 2. The zero-order valence-electron chi connectivity index (χ0n) is 15.3. The van der Waals surface area contributed by atoms with Crippen LogP contribution < -0.4 is 10.6 Å². The van der Waals surface area contributed by atoms with Crippen molar-refractivity contribution in [2.45, 2.75) is 26.8 Å². The van der Waals surface area contributed by atoms with E-state index in [4.69, 9.17) is 0 Å². The molecule has 0 spiro atoms. The Morgan fingerprint density at radius 2 is 1.81 bits per heavy atom. The Bertz CT molecular complexity index is 951. The molecular formula is C21H21N3O2S. The summed E-state index contributed by atoms with van der Waals surface area (Å²) in [5, 5.41) is 6.37. The molecule has 0 atom stereocenters. The number of carbonyl (C=O) groups is 2. The quantitative estimate of drug-likeness (QED) is 0.683. The summed E-state index contributed by atoms with van der Waals surface area (Å²) in [7, 11) is 0. The zero-order chi connectivity index (χ0) is 19.2. The molecule has 0 bridgehead atoms. The summed E-state index contributed by atoms with van der Waals surface area (Å²) >= 11 is 1.26. The van der Waals surface area contributed by atoms with Crippen LogP contribution in [-0.2, 0) is 17.8 Å². The maximum absolute atomic E-state index is 12.5. The monoisotopic (exact) mass is 379 g/mol. The highest BCUT2D eigenvalue weighted by molar-refractivity contribution is 7.13. The van der Waals surface area contributed by atoms with E-state index in [-0.39, 0.29) is 18.2 Å². The summed E-state index contributed by atoms with van der Waals surface area (Å²) in [5.74, 6) is -0.317. The van der Waals surface area contributed by atoms with Gasteiger partial charge < -0.3 is 10.6 Å². The van der Waals surface area contributed by atoms with Gasteiger partial charge in [-0.15, -0.1) is 11.3 Å². The third-order valence-electron chi connectivity index (χ3n) is 3.95. The summed E-state index contributed by atoms with van der Waals surface area (Å²) in [6.45, 7) is 4.27. The van der Waals surface area contributed by atoms with Crippen molar-refractivity contribution in [2.24, 2.45) is 0 Å². The number of anilines is 1. The van der Waals surface area contributed by atoms with Gasteiger partial charge in [0.05, 0.1) is 12.1 Å². The zero-order valence-corrected chi connectivity index (χ0v) is 16.1. The van der Waals surface area contributed by atoms with Crippen LogP contribution in [0.2, 0.25) is 0 Å². The van der Waals surface area contributed by atoms with Crippen molar-refractivity contribution in [3.05, 3.63) is 81.3 Å². The summed E-state index contributed by atoms with van der Waals surface area (Å²) in [6, 6.07) is 17.3. The fourth-order valence-electron chi connectivity index (χ4n) is 2.69. The van der Waals surface area contributed by atoms with Crippen molar-refractivity contribution in [1.82, 2.24) is 10.3 Å². The van der Waals surface area contributed by atoms with Crippen molar-refractivity contribution in [2.75, 3.05) is 5.32 Å². The smallest absolute Gasteiger partial charge is 0.263 e. The topological polar surface area (TPSA) is 71.1 Å². The van der Waals surface area contributed by atoms with Gasteiger partial charge in [-0.1, -0.05) is 48.0 Å². The first-order valence-corrected chi connectivity index (χ1v) is 9.48. The summed E-state index contributed by atoms with van der Waals surface area (Å²) in [6.07, 6.45) is 0.144. The van der Waals surface area contributed by atoms with E-state index < -0.39 is 0 Å². The molecule has 1 aromatic heterocycles. The fraction of sp³-hybridized carbons (Fsp3) is 0.190. The Morgan fingerprint density at radius 1 is 1.04 bits per heavy atom. The number of carbonyl (C=O) groups excluding carboxylic acids is 2. The molecule has 0 fully saturated rings. The molecule has 27 heavy (non-hydrogen) atoms. The minimum atomic E-state index is -0.166. The van der Waals surface area contributed by atoms with Gasteiger partial charge in [-0.3, -0.25) is 9.59 Å². The largest absolute Gasteiger partial charge is 0.347 e. The third kappa shape index (κ3) is 5.24. The lowest BCUT2D eigenvalue weighted by molar-refractivity contribution is -0.115. The summed E-state index contributed by atoms with van der Waals surface area (Å²) in [4.78, 5) is 29.6. The van der Waals surface area contributed by atoms with Crippen LogP contribution in [0.1, 0.15) is 31.5 Å². The molecule has 6 heteroatoms. The van der Waals surface area contributed by atoms with Gasteiger partial charge in [0.2, 0.25) is 5.91 Å². The van der Waals surface area contributed by atoms with Gasteiger partial charge in [0.15, 0.2) is 0 Å². The van der Waals surface area contributed by atoms with Gasteiger partial charge in [-0.05, 0) is 31.5 Å². The van der Waals surface area contributed by atoms with Crippen LogP contribution in [0.15, 0.2) is 54.6 Å². The highest BCUT2D eigenvalue weighted by Crippen LogP contribution is 2.19. The Labute approximate surface area is 162 Å². The van der Waals surface area contributed by atoms with Crippen molar-refractivity contribution in [3.63, 3.8) is 0 Å². The molecule has 5 nitrogen and oxygen atoms in total. The minimum Gasteiger partial charge on any atom is -0.347 e. The first-order valence-electron chi connectivity index (χ1n) is 8.66. The summed E-state index contributed by atoms with van der Waals surface area (Å²) in [5.41, 5.74) is 3.59.